The Hall–Kier alpha value is -0.120. The molecule has 3 nitrogen and oxygen atoms in total. The lowest BCUT2D eigenvalue weighted by molar-refractivity contribution is -0.371. The fraction of sp³-hybridized carbons (Fsp3) is 1.00. The van der Waals surface area contributed by atoms with E-state index in [-0.39, 0.29) is 17.8 Å². The summed E-state index contributed by atoms with van der Waals surface area (Å²) in [5.74, 6) is 0. The fourth-order valence-corrected chi connectivity index (χ4v) is 1.68. The second-order valence-corrected chi connectivity index (χ2v) is 5.79. The van der Waals surface area contributed by atoms with Gasteiger partial charge in [0.15, 0.2) is 0 Å². The van der Waals surface area contributed by atoms with Crippen LogP contribution < -0.4 is 0 Å². The zero-order chi connectivity index (χ0) is 14.7. The van der Waals surface area contributed by atoms with Crippen LogP contribution in [0.25, 0.3) is 0 Å². The van der Waals surface area contributed by atoms with Crippen molar-refractivity contribution < 1.29 is 14.5 Å². The fourth-order valence-electron chi connectivity index (χ4n) is 1.68. The zero-order valence-electron chi connectivity index (χ0n) is 13.8. The lowest BCUT2D eigenvalue weighted by Gasteiger charge is -2.31. The Morgan fingerprint density at radius 1 is 0.895 bits per heavy atom. The standard InChI is InChI=1S/C16H34O3/c1-7-10-11-12-13-17-16(5,6)14(4)18-19-15(8-2)9-3/h14-15H,7-13H2,1-6H3. The van der Waals surface area contributed by atoms with Gasteiger partial charge < -0.3 is 4.74 Å². The van der Waals surface area contributed by atoms with Crippen LogP contribution in [0.2, 0.25) is 0 Å². The van der Waals surface area contributed by atoms with Crippen LogP contribution in [0.5, 0.6) is 0 Å². The van der Waals surface area contributed by atoms with Gasteiger partial charge in [0.1, 0.15) is 6.10 Å². The van der Waals surface area contributed by atoms with Crippen LogP contribution in [0.15, 0.2) is 0 Å². The first-order valence-electron chi connectivity index (χ1n) is 7.93. The molecule has 0 aliphatic rings. The van der Waals surface area contributed by atoms with Crippen LogP contribution in [-0.4, -0.2) is 24.4 Å². The van der Waals surface area contributed by atoms with E-state index in [0.717, 1.165) is 25.9 Å². The maximum atomic E-state index is 5.93. The van der Waals surface area contributed by atoms with Gasteiger partial charge >= 0.3 is 0 Å². The minimum absolute atomic E-state index is 0.0701. The highest BCUT2D eigenvalue weighted by Gasteiger charge is 2.29. The molecule has 0 saturated carbocycles. The SMILES string of the molecule is CCCCCCOC(C)(C)C(C)OOC(CC)CC. The molecule has 116 valence electrons. The molecule has 0 aromatic carbocycles. The van der Waals surface area contributed by atoms with Crippen LogP contribution in [0.4, 0.5) is 0 Å². The average Bonchev–Trinajstić information content (AvgIpc) is 2.39. The first-order chi connectivity index (χ1) is 8.97. The van der Waals surface area contributed by atoms with Gasteiger partial charge in [0, 0.05) is 6.61 Å². The van der Waals surface area contributed by atoms with Gasteiger partial charge in [-0.15, -0.1) is 0 Å². The van der Waals surface area contributed by atoms with E-state index in [1.807, 2.05) is 6.92 Å². The van der Waals surface area contributed by atoms with Crippen LogP contribution >= 0.6 is 0 Å². The first-order valence-corrected chi connectivity index (χ1v) is 7.93. The summed E-state index contributed by atoms with van der Waals surface area (Å²) in [7, 11) is 0. The Bertz CT molecular complexity index is 200. The highest BCUT2D eigenvalue weighted by atomic mass is 17.2. The van der Waals surface area contributed by atoms with Crippen LogP contribution in [0, 0.1) is 0 Å². The smallest absolute Gasteiger partial charge is 0.118 e. The van der Waals surface area contributed by atoms with E-state index in [1.54, 1.807) is 0 Å². The van der Waals surface area contributed by atoms with Gasteiger partial charge in [-0.3, -0.25) is 0 Å². The van der Waals surface area contributed by atoms with Crippen molar-refractivity contribution in [3.8, 4) is 0 Å². The van der Waals surface area contributed by atoms with E-state index in [9.17, 15) is 0 Å². The second kappa shape index (κ2) is 10.6. The number of ether oxygens (including phenoxy) is 1. The highest BCUT2D eigenvalue weighted by molar-refractivity contribution is 4.76. The Labute approximate surface area is 119 Å². The molecule has 0 bridgehead atoms. The highest BCUT2D eigenvalue weighted by Crippen LogP contribution is 2.20. The average molecular weight is 274 g/mol. The van der Waals surface area contributed by atoms with Crippen LogP contribution in [-0.2, 0) is 14.5 Å². The summed E-state index contributed by atoms with van der Waals surface area (Å²) in [5, 5.41) is 0. The quantitative estimate of drug-likeness (QED) is 0.288. The van der Waals surface area contributed by atoms with Crippen molar-refractivity contribution in [1.82, 2.24) is 0 Å². The molecule has 0 fully saturated rings. The largest absolute Gasteiger partial charge is 0.373 e. The molecule has 1 atom stereocenters. The third-order valence-corrected chi connectivity index (χ3v) is 3.70. The van der Waals surface area contributed by atoms with Gasteiger partial charge in [-0.1, -0.05) is 40.0 Å². The van der Waals surface area contributed by atoms with Gasteiger partial charge in [0.25, 0.3) is 0 Å². The molecule has 0 saturated heterocycles. The third kappa shape index (κ3) is 8.61. The van der Waals surface area contributed by atoms with E-state index in [2.05, 4.69) is 34.6 Å². The van der Waals surface area contributed by atoms with E-state index in [4.69, 9.17) is 14.5 Å². The van der Waals surface area contributed by atoms with E-state index < -0.39 is 0 Å². The number of hydrogen-bond acceptors (Lipinski definition) is 3. The summed E-state index contributed by atoms with van der Waals surface area (Å²) in [6.07, 6.45) is 6.97. The first kappa shape index (κ1) is 18.9. The monoisotopic (exact) mass is 274 g/mol. The predicted octanol–water partition coefficient (Wildman–Crippen LogP) is 4.89. The van der Waals surface area contributed by atoms with Gasteiger partial charge in [-0.25, -0.2) is 9.78 Å². The van der Waals surface area contributed by atoms with Crippen molar-refractivity contribution in [2.45, 2.75) is 97.9 Å². The summed E-state index contributed by atoms with van der Waals surface area (Å²) in [5.41, 5.74) is -0.307. The molecule has 0 aromatic heterocycles. The maximum absolute atomic E-state index is 5.93. The summed E-state index contributed by atoms with van der Waals surface area (Å²) in [6, 6.07) is 0. The minimum atomic E-state index is -0.307. The van der Waals surface area contributed by atoms with Crippen molar-refractivity contribution in [2.75, 3.05) is 6.61 Å². The van der Waals surface area contributed by atoms with Crippen molar-refractivity contribution in [1.29, 1.82) is 0 Å². The van der Waals surface area contributed by atoms with Crippen LogP contribution in [0.1, 0.15) is 80.1 Å². The second-order valence-electron chi connectivity index (χ2n) is 5.79. The summed E-state index contributed by atoms with van der Waals surface area (Å²) >= 11 is 0. The molecule has 0 aromatic rings. The Morgan fingerprint density at radius 2 is 1.53 bits per heavy atom. The number of unbranched alkanes of at least 4 members (excludes halogenated alkanes) is 3. The molecule has 0 radical (unpaired) electrons. The number of rotatable bonds is 12. The molecular weight excluding hydrogens is 240 g/mol. The summed E-state index contributed by atoms with van der Waals surface area (Å²) in [4.78, 5) is 11.0. The Morgan fingerprint density at radius 3 is 2.05 bits per heavy atom. The Kier molecular flexibility index (Phi) is 10.6. The van der Waals surface area contributed by atoms with Gasteiger partial charge in [-0.05, 0) is 40.0 Å². The lowest BCUT2D eigenvalue weighted by Crippen LogP contribution is -2.40. The predicted molar refractivity (Wildman–Crippen MR) is 80.2 cm³/mol. The molecule has 0 amide bonds. The molecule has 0 N–H and O–H groups in total. The van der Waals surface area contributed by atoms with Gasteiger partial charge in [0.2, 0.25) is 0 Å². The van der Waals surface area contributed by atoms with Gasteiger partial charge in [-0.2, -0.15) is 0 Å². The summed E-state index contributed by atoms with van der Waals surface area (Å²) < 4.78 is 5.93. The molecule has 1 unspecified atom stereocenters. The van der Waals surface area contributed by atoms with Gasteiger partial charge in [0.05, 0.1) is 11.7 Å². The number of hydrogen-bond donors (Lipinski definition) is 0. The van der Waals surface area contributed by atoms with Crippen molar-refractivity contribution in [3.05, 3.63) is 0 Å². The van der Waals surface area contributed by atoms with E-state index in [0.29, 0.717) is 0 Å². The molecule has 0 spiro atoms. The Balaban J connectivity index is 3.88. The zero-order valence-corrected chi connectivity index (χ0v) is 13.8. The van der Waals surface area contributed by atoms with Crippen LogP contribution in [0.3, 0.4) is 0 Å². The molecule has 19 heavy (non-hydrogen) atoms. The van der Waals surface area contributed by atoms with E-state index in [1.165, 1.54) is 19.3 Å². The minimum Gasteiger partial charge on any atom is -0.373 e. The van der Waals surface area contributed by atoms with E-state index >= 15 is 0 Å². The molecular formula is C16H34O3. The maximum Gasteiger partial charge on any atom is 0.118 e. The normalized spacial score (nSPS) is 14.1. The van der Waals surface area contributed by atoms with Crippen molar-refractivity contribution >= 4 is 0 Å². The van der Waals surface area contributed by atoms with Crippen molar-refractivity contribution in [3.63, 3.8) is 0 Å². The lowest BCUT2D eigenvalue weighted by atomic mass is 10.0. The van der Waals surface area contributed by atoms with Crippen molar-refractivity contribution in [2.24, 2.45) is 0 Å². The molecule has 0 rings (SSSR count). The molecule has 0 aliphatic heterocycles. The summed E-state index contributed by atoms with van der Waals surface area (Å²) in [6.45, 7) is 13.4. The third-order valence-electron chi connectivity index (χ3n) is 3.70. The molecule has 0 aliphatic carbocycles. The topological polar surface area (TPSA) is 27.7 Å². The molecule has 0 heterocycles. The molecule has 3 heteroatoms.